The number of rotatable bonds is 2. The van der Waals surface area contributed by atoms with Gasteiger partial charge in [-0.1, -0.05) is 0 Å². The average Bonchev–Trinajstić information content (AvgIpc) is 2.78. The fraction of sp³-hybridized carbons (Fsp3) is 0.200. The van der Waals surface area contributed by atoms with E-state index in [9.17, 15) is 26.3 Å². The van der Waals surface area contributed by atoms with Crippen LogP contribution in [0.2, 0.25) is 0 Å². The van der Waals surface area contributed by atoms with E-state index in [1.54, 1.807) is 0 Å². The Morgan fingerprint density at radius 2 is 1.76 bits per heavy atom. The van der Waals surface area contributed by atoms with Crippen LogP contribution in [0.3, 0.4) is 0 Å². The zero-order valence-electron chi connectivity index (χ0n) is 9.71. The van der Waals surface area contributed by atoms with Gasteiger partial charge in [0.05, 0.1) is 10.2 Å². The average molecular weight is 376 g/mol. The molecular formula is C10H4BrF6N3O. The van der Waals surface area contributed by atoms with Crippen LogP contribution in [0, 0.1) is 0 Å². The van der Waals surface area contributed by atoms with Gasteiger partial charge >= 0.3 is 12.5 Å². The van der Waals surface area contributed by atoms with E-state index in [1.165, 1.54) is 0 Å². The number of hydrogen-bond donors (Lipinski definition) is 0. The van der Waals surface area contributed by atoms with Gasteiger partial charge in [0.25, 0.3) is 0 Å². The summed E-state index contributed by atoms with van der Waals surface area (Å²) in [6, 6.07) is 2.93. The van der Waals surface area contributed by atoms with Crippen molar-refractivity contribution >= 4 is 15.9 Å². The lowest BCUT2D eigenvalue weighted by molar-refractivity contribution is -0.274. The van der Waals surface area contributed by atoms with E-state index in [1.807, 2.05) is 0 Å². The second kappa shape index (κ2) is 5.20. The minimum Gasteiger partial charge on any atom is -0.405 e. The van der Waals surface area contributed by atoms with Crippen molar-refractivity contribution < 1.29 is 31.1 Å². The van der Waals surface area contributed by atoms with Gasteiger partial charge in [0, 0.05) is 0 Å². The molecule has 1 aromatic heterocycles. The highest BCUT2D eigenvalue weighted by Gasteiger charge is 2.37. The number of halogens is 7. The van der Waals surface area contributed by atoms with E-state index in [0.29, 0.717) is 4.57 Å². The molecule has 0 spiro atoms. The van der Waals surface area contributed by atoms with Crippen molar-refractivity contribution in [2.24, 2.45) is 0 Å². The molecule has 0 unspecified atom stereocenters. The molecule has 0 saturated heterocycles. The predicted octanol–water partition coefficient (Wildman–Crippen LogP) is 3.95. The molecule has 11 heteroatoms. The van der Waals surface area contributed by atoms with Gasteiger partial charge in [-0.05, 0) is 34.1 Å². The standard InChI is InChI=1S/C10H4BrF6N3O/c11-6-3-5(1-2-7(6)21-10(15,16)17)20-4-18-19-8(20)9(12,13)14/h1-4H. The molecular weight excluding hydrogens is 372 g/mol. The molecule has 0 N–H and O–H groups in total. The van der Waals surface area contributed by atoms with E-state index in [-0.39, 0.29) is 10.2 Å². The second-order valence-corrected chi connectivity index (χ2v) is 4.54. The number of benzene rings is 1. The summed E-state index contributed by atoms with van der Waals surface area (Å²) >= 11 is 2.80. The molecule has 0 atom stereocenters. The Labute approximate surface area is 121 Å². The topological polar surface area (TPSA) is 39.9 Å². The first-order valence-corrected chi connectivity index (χ1v) is 5.90. The molecule has 0 radical (unpaired) electrons. The number of hydrogen-bond acceptors (Lipinski definition) is 3. The van der Waals surface area contributed by atoms with Crippen LogP contribution < -0.4 is 4.74 Å². The van der Waals surface area contributed by atoms with Crippen LogP contribution in [0.1, 0.15) is 5.82 Å². The molecule has 0 aliphatic carbocycles. The van der Waals surface area contributed by atoms with Gasteiger partial charge in [0.15, 0.2) is 0 Å². The highest BCUT2D eigenvalue weighted by molar-refractivity contribution is 9.10. The van der Waals surface area contributed by atoms with Gasteiger partial charge in [0.2, 0.25) is 5.82 Å². The van der Waals surface area contributed by atoms with Crippen LogP contribution >= 0.6 is 15.9 Å². The maximum atomic E-state index is 12.7. The lowest BCUT2D eigenvalue weighted by atomic mass is 10.3. The van der Waals surface area contributed by atoms with Crippen molar-refractivity contribution in [1.82, 2.24) is 14.8 Å². The Kier molecular flexibility index (Phi) is 3.87. The minimum atomic E-state index is -4.91. The maximum Gasteiger partial charge on any atom is 0.573 e. The largest absolute Gasteiger partial charge is 0.573 e. The predicted molar refractivity (Wildman–Crippen MR) is 60.7 cm³/mol. The summed E-state index contributed by atoms with van der Waals surface area (Å²) in [5.74, 6) is -1.87. The minimum absolute atomic E-state index is 0.0753. The fourth-order valence-corrected chi connectivity index (χ4v) is 1.91. The lowest BCUT2D eigenvalue weighted by Crippen LogP contribution is -2.17. The highest BCUT2D eigenvalue weighted by atomic mass is 79.9. The van der Waals surface area contributed by atoms with E-state index in [0.717, 1.165) is 24.5 Å². The van der Waals surface area contributed by atoms with E-state index >= 15 is 0 Å². The van der Waals surface area contributed by atoms with Gasteiger partial charge in [-0.3, -0.25) is 4.57 Å². The normalized spacial score (nSPS) is 12.5. The van der Waals surface area contributed by atoms with Crippen LogP contribution in [0.4, 0.5) is 26.3 Å². The van der Waals surface area contributed by atoms with Crippen LogP contribution in [-0.2, 0) is 6.18 Å². The smallest absolute Gasteiger partial charge is 0.405 e. The Morgan fingerprint density at radius 3 is 2.29 bits per heavy atom. The Morgan fingerprint density at radius 1 is 1.10 bits per heavy atom. The van der Waals surface area contributed by atoms with Crippen LogP contribution in [-0.4, -0.2) is 21.1 Å². The molecule has 0 fully saturated rings. The zero-order chi connectivity index (χ0) is 15.8. The Hall–Kier alpha value is -1.78. The summed E-state index contributed by atoms with van der Waals surface area (Å²) in [5.41, 5.74) is -0.0753. The van der Waals surface area contributed by atoms with Crippen molar-refractivity contribution in [3.63, 3.8) is 0 Å². The molecule has 0 amide bonds. The van der Waals surface area contributed by atoms with E-state index < -0.39 is 24.1 Å². The van der Waals surface area contributed by atoms with E-state index in [2.05, 4.69) is 30.9 Å². The van der Waals surface area contributed by atoms with Gasteiger partial charge in [-0.15, -0.1) is 23.4 Å². The second-order valence-electron chi connectivity index (χ2n) is 3.68. The third kappa shape index (κ3) is 3.65. The molecule has 1 aromatic carbocycles. The summed E-state index contributed by atoms with van der Waals surface area (Å²) < 4.78 is 78.4. The van der Waals surface area contributed by atoms with Crippen molar-refractivity contribution in [2.45, 2.75) is 12.5 Å². The Bertz CT molecular complexity index is 651. The SMILES string of the molecule is FC(F)(F)Oc1ccc(-n2cnnc2C(F)(F)F)cc1Br. The molecule has 114 valence electrons. The van der Waals surface area contributed by atoms with Crippen molar-refractivity contribution in [1.29, 1.82) is 0 Å². The fourth-order valence-electron chi connectivity index (χ4n) is 1.46. The van der Waals surface area contributed by atoms with Gasteiger partial charge in [-0.2, -0.15) is 13.2 Å². The van der Waals surface area contributed by atoms with Crippen molar-refractivity contribution in [3.8, 4) is 11.4 Å². The van der Waals surface area contributed by atoms with Crippen molar-refractivity contribution in [2.75, 3.05) is 0 Å². The summed E-state index contributed by atoms with van der Waals surface area (Å²) in [5, 5.41) is 6.08. The Balaban J connectivity index is 2.40. The molecule has 0 aliphatic heterocycles. The first-order chi connectivity index (χ1) is 9.58. The summed E-state index contributed by atoms with van der Waals surface area (Å²) in [7, 11) is 0. The zero-order valence-corrected chi connectivity index (χ0v) is 11.3. The van der Waals surface area contributed by atoms with E-state index in [4.69, 9.17) is 0 Å². The number of aromatic nitrogens is 3. The third-order valence-electron chi connectivity index (χ3n) is 2.22. The number of ether oxygens (including phenoxy) is 1. The quantitative estimate of drug-likeness (QED) is 0.746. The lowest BCUT2D eigenvalue weighted by Gasteiger charge is -2.13. The van der Waals surface area contributed by atoms with Crippen molar-refractivity contribution in [3.05, 3.63) is 34.8 Å². The summed E-state index contributed by atoms with van der Waals surface area (Å²) in [6.45, 7) is 0. The van der Waals surface area contributed by atoms with Gasteiger partial charge in [-0.25, -0.2) is 0 Å². The summed E-state index contributed by atoms with van der Waals surface area (Å²) in [6.07, 6.45) is -8.85. The summed E-state index contributed by atoms with van der Waals surface area (Å²) in [4.78, 5) is 0. The molecule has 2 aromatic rings. The molecule has 1 heterocycles. The molecule has 0 bridgehead atoms. The third-order valence-corrected chi connectivity index (χ3v) is 2.84. The maximum absolute atomic E-state index is 12.7. The van der Waals surface area contributed by atoms with Crippen LogP contribution in [0.15, 0.2) is 29.0 Å². The molecule has 21 heavy (non-hydrogen) atoms. The monoisotopic (exact) mass is 375 g/mol. The van der Waals surface area contributed by atoms with Gasteiger partial charge < -0.3 is 4.74 Å². The van der Waals surface area contributed by atoms with Gasteiger partial charge in [0.1, 0.15) is 12.1 Å². The first kappa shape index (κ1) is 15.6. The molecule has 0 aliphatic rings. The van der Waals surface area contributed by atoms with Crippen LogP contribution in [0.25, 0.3) is 5.69 Å². The van der Waals surface area contributed by atoms with Crippen LogP contribution in [0.5, 0.6) is 5.75 Å². The highest BCUT2D eigenvalue weighted by Crippen LogP contribution is 2.34. The first-order valence-electron chi connectivity index (χ1n) is 5.11. The molecule has 4 nitrogen and oxygen atoms in total. The number of alkyl halides is 6. The molecule has 2 rings (SSSR count). The molecule has 0 saturated carbocycles. The number of nitrogens with zero attached hydrogens (tertiary/aromatic N) is 3.